The summed E-state index contributed by atoms with van der Waals surface area (Å²) in [4.78, 5) is 26.7. The molecule has 0 radical (unpaired) electrons. The molecule has 0 atom stereocenters. The fourth-order valence-electron chi connectivity index (χ4n) is 5.68. The van der Waals surface area contributed by atoms with Gasteiger partial charge in [0, 0.05) is 50.2 Å². The highest BCUT2D eigenvalue weighted by Crippen LogP contribution is 2.40. The molecule has 0 aliphatic carbocycles. The molecule has 188 valence electrons. The second-order valence-corrected chi connectivity index (χ2v) is 10.4. The van der Waals surface area contributed by atoms with Crippen LogP contribution in [0.5, 0.6) is 0 Å². The van der Waals surface area contributed by atoms with Crippen LogP contribution in [0, 0.1) is 5.82 Å². The number of imidazole rings is 1. The van der Waals surface area contributed by atoms with E-state index < -0.39 is 5.54 Å². The zero-order valence-electron chi connectivity index (χ0n) is 21.0. The molecule has 8 nitrogen and oxygen atoms in total. The number of anilines is 1. The first kappa shape index (κ1) is 24.0. The maximum atomic E-state index is 13.7. The molecule has 4 heterocycles. The van der Waals surface area contributed by atoms with Gasteiger partial charge in [-0.3, -0.25) is 14.3 Å². The molecule has 0 unspecified atom stereocenters. The van der Waals surface area contributed by atoms with Crippen molar-refractivity contribution in [2.75, 3.05) is 57.8 Å². The third-order valence-corrected chi connectivity index (χ3v) is 7.78. The van der Waals surface area contributed by atoms with Gasteiger partial charge in [-0.1, -0.05) is 0 Å². The van der Waals surface area contributed by atoms with Gasteiger partial charge in [-0.2, -0.15) is 0 Å². The molecule has 2 saturated heterocycles. The molecule has 2 N–H and O–H groups in total. The zero-order valence-corrected chi connectivity index (χ0v) is 21.0. The van der Waals surface area contributed by atoms with Gasteiger partial charge in [0.2, 0.25) is 5.91 Å². The van der Waals surface area contributed by atoms with Gasteiger partial charge in [0.05, 0.1) is 6.54 Å². The second kappa shape index (κ2) is 9.37. The number of hydrogen-bond acceptors (Lipinski definition) is 6. The van der Waals surface area contributed by atoms with Crippen LogP contribution in [-0.2, 0) is 10.3 Å². The molecule has 1 aromatic heterocycles. The van der Waals surface area contributed by atoms with Crippen molar-refractivity contribution in [1.29, 1.82) is 0 Å². The first-order valence-electron chi connectivity index (χ1n) is 12.6. The summed E-state index contributed by atoms with van der Waals surface area (Å²) in [7, 11) is 2.20. The lowest BCUT2D eigenvalue weighted by atomic mass is 10.0. The molecule has 3 aliphatic rings. The van der Waals surface area contributed by atoms with Crippen LogP contribution in [0.4, 0.5) is 10.2 Å². The normalized spacial score (nSPS) is 21.4. The summed E-state index contributed by atoms with van der Waals surface area (Å²) in [6.07, 6.45) is 6.16. The number of nitrogens with two attached hydrogens (primary N) is 1. The van der Waals surface area contributed by atoms with Gasteiger partial charge < -0.3 is 20.4 Å². The van der Waals surface area contributed by atoms with Gasteiger partial charge in [0.15, 0.2) is 0 Å². The molecule has 1 aromatic carbocycles. The van der Waals surface area contributed by atoms with Crippen molar-refractivity contribution in [2.24, 2.45) is 5.73 Å². The lowest BCUT2D eigenvalue weighted by molar-refractivity contribution is -0.132. The SMILES string of the molecule is CN1CCC(N2CCN(c3c(-c4ccc(F)cc4)nc4n3C=CN(C(=O)CN)C4(C)C)CC2)CC1. The minimum Gasteiger partial charge on any atom is -0.353 e. The van der Waals surface area contributed by atoms with Crippen LogP contribution in [0.2, 0.25) is 0 Å². The fraction of sp³-hybridized carbons (Fsp3) is 0.538. The summed E-state index contributed by atoms with van der Waals surface area (Å²) in [6, 6.07) is 7.16. The molecule has 3 aliphatic heterocycles. The third kappa shape index (κ3) is 4.37. The van der Waals surface area contributed by atoms with Crippen molar-refractivity contribution in [2.45, 2.75) is 38.3 Å². The van der Waals surface area contributed by atoms with E-state index in [4.69, 9.17) is 10.7 Å². The molecule has 35 heavy (non-hydrogen) atoms. The number of halogens is 1. The number of piperazine rings is 1. The van der Waals surface area contributed by atoms with Crippen LogP contribution in [0.3, 0.4) is 0 Å². The number of piperidine rings is 1. The second-order valence-electron chi connectivity index (χ2n) is 10.4. The molecule has 5 rings (SSSR count). The summed E-state index contributed by atoms with van der Waals surface area (Å²) in [5, 5.41) is 0. The summed E-state index contributed by atoms with van der Waals surface area (Å²) in [5.74, 6) is 1.34. The predicted octanol–water partition coefficient (Wildman–Crippen LogP) is 2.37. The van der Waals surface area contributed by atoms with E-state index in [0.717, 1.165) is 62.2 Å². The van der Waals surface area contributed by atoms with E-state index >= 15 is 0 Å². The zero-order chi connectivity index (χ0) is 24.7. The van der Waals surface area contributed by atoms with Crippen LogP contribution in [-0.4, -0.2) is 89.1 Å². The smallest absolute Gasteiger partial charge is 0.241 e. The van der Waals surface area contributed by atoms with Crippen molar-refractivity contribution < 1.29 is 9.18 Å². The van der Waals surface area contributed by atoms with Gasteiger partial charge in [-0.05, 0) is 71.1 Å². The number of likely N-dealkylation sites (tertiary alicyclic amines) is 1. The molecular weight excluding hydrogens is 445 g/mol. The van der Waals surface area contributed by atoms with Gasteiger partial charge in [-0.25, -0.2) is 9.37 Å². The van der Waals surface area contributed by atoms with E-state index in [2.05, 4.69) is 26.3 Å². The van der Waals surface area contributed by atoms with Crippen molar-refractivity contribution in [3.63, 3.8) is 0 Å². The summed E-state index contributed by atoms with van der Waals surface area (Å²) >= 11 is 0. The molecular formula is C26H36FN7O. The first-order chi connectivity index (χ1) is 16.8. The van der Waals surface area contributed by atoms with E-state index in [0.29, 0.717) is 6.04 Å². The van der Waals surface area contributed by atoms with Crippen LogP contribution in [0.25, 0.3) is 17.5 Å². The number of carbonyl (C=O) groups excluding carboxylic acids is 1. The minimum atomic E-state index is -0.672. The Labute approximate surface area is 206 Å². The van der Waals surface area contributed by atoms with Crippen LogP contribution < -0.4 is 10.6 Å². The van der Waals surface area contributed by atoms with Crippen LogP contribution in [0.1, 0.15) is 32.5 Å². The summed E-state index contributed by atoms with van der Waals surface area (Å²) in [5.41, 5.74) is 6.68. The van der Waals surface area contributed by atoms with Crippen molar-refractivity contribution >= 4 is 17.9 Å². The monoisotopic (exact) mass is 481 g/mol. The van der Waals surface area contributed by atoms with Gasteiger partial charge in [0.25, 0.3) is 0 Å². The predicted molar refractivity (Wildman–Crippen MR) is 136 cm³/mol. The average molecular weight is 482 g/mol. The average Bonchev–Trinajstić information content (AvgIpc) is 3.26. The van der Waals surface area contributed by atoms with Crippen LogP contribution in [0.15, 0.2) is 30.5 Å². The maximum absolute atomic E-state index is 13.7. The lowest BCUT2D eigenvalue weighted by Crippen LogP contribution is -2.53. The van der Waals surface area contributed by atoms with Crippen LogP contribution >= 0.6 is 0 Å². The Morgan fingerprint density at radius 3 is 2.34 bits per heavy atom. The highest BCUT2D eigenvalue weighted by molar-refractivity contribution is 5.82. The molecule has 9 heteroatoms. The first-order valence-corrected chi connectivity index (χ1v) is 12.6. The molecule has 1 amide bonds. The van der Waals surface area contributed by atoms with E-state index in [1.165, 1.54) is 25.0 Å². The molecule has 2 fully saturated rings. The largest absolute Gasteiger partial charge is 0.353 e. The van der Waals surface area contributed by atoms with E-state index in [1.54, 1.807) is 23.2 Å². The molecule has 2 aromatic rings. The Balaban J connectivity index is 1.48. The number of aromatic nitrogens is 2. The highest BCUT2D eigenvalue weighted by Gasteiger charge is 2.40. The number of amides is 1. The Morgan fingerprint density at radius 2 is 1.71 bits per heavy atom. The molecule has 0 saturated carbocycles. The van der Waals surface area contributed by atoms with Gasteiger partial charge in [-0.15, -0.1) is 0 Å². The van der Waals surface area contributed by atoms with E-state index in [1.807, 2.05) is 20.0 Å². The van der Waals surface area contributed by atoms with E-state index in [-0.39, 0.29) is 18.3 Å². The lowest BCUT2D eigenvalue weighted by Gasteiger charge is -2.43. The summed E-state index contributed by atoms with van der Waals surface area (Å²) in [6.45, 7) is 10.0. The fourth-order valence-corrected chi connectivity index (χ4v) is 5.68. The standard InChI is InChI=1S/C26H36FN7O/c1-26(2)25-29-23(19-4-6-20(27)7-5-19)24(33(25)16-17-34(26)22(35)18-28)32-14-12-31(13-15-32)21-8-10-30(3)11-9-21/h4-7,16-17,21H,8-15,18,28H2,1-3H3. The number of rotatable bonds is 4. The minimum absolute atomic E-state index is 0.0644. The number of carbonyl (C=O) groups is 1. The highest BCUT2D eigenvalue weighted by atomic mass is 19.1. The molecule has 0 bridgehead atoms. The van der Waals surface area contributed by atoms with E-state index in [9.17, 15) is 9.18 Å². The Kier molecular flexibility index (Phi) is 6.41. The van der Waals surface area contributed by atoms with Crippen molar-refractivity contribution in [1.82, 2.24) is 24.3 Å². The quantitative estimate of drug-likeness (QED) is 0.723. The number of fused-ring (bicyclic) bond motifs is 1. The Hall–Kier alpha value is -2.75. The Bertz CT molecular complexity index is 1090. The van der Waals surface area contributed by atoms with Crippen molar-refractivity contribution in [3.8, 4) is 11.3 Å². The van der Waals surface area contributed by atoms with Gasteiger partial charge in [0.1, 0.15) is 28.7 Å². The topological polar surface area (TPSA) is 73.9 Å². The Morgan fingerprint density at radius 1 is 1.06 bits per heavy atom. The number of hydrogen-bond donors (Lipinski definition) is 1. The summed E-state index contributed by atoms with van der Waals surface area (Å²) < 4.78 is 15.8. The third-order valence-electron chi connectivity index (χ3n) is 7.78. The maximum Gasteiger partial charge on any atom is 0.241 e. The molecule has 0 spiro atoms. The number of nitrogens with zero attached hydrogens (tertiary/aromatic N) is 6. The van der Waals surface area contributed by atoms with Crippen molar-refractivity contribution in [3.05, 3.63) is 42.1 Å². The number of benzene rings is 1. The van der Waals surface area contributed by atoms with Gasteiger partial charge >= 0.3 is 0 Å².